The molecule has 1 rings (SSSR count). The van der Waals surface area contributed by atoms with Gasteiger partial charge in [-0.15, -0.1) is 0 Å². The fourth-order valence-corrected chi connectivity index (χ4v) is 2.90. The molecular weight excluding hydrogens is 338 g/mol. The van der Waals surface area contributed by atoms with Gasteiger partial charge in [-0.05, 0) is 25.5 Å². The van der Waals surface area contributed by atoms with Gasteiger partial charge in [-0.3, -0.25) is 0 Å². The Balaban J connectivity index is 3.39. The predicted molar refractivity (Wildman–Crippen MR) is 64.6 cm³/mol. The summed E-state index contributed by atoms with van der Waals surface area (Å²) >= 11 is 0. The molecule has 1 aromatic rings. The van der Waals surface area contributed by atoms with Gasteiger partial charge in [0.15, 0.2) is 0 Å². The van der Waals surface area contributed by atoms with Crippen molar-refractivity contribution in [1.29, 1.82) is 0 Å². The summed E-state index contributed by atoms with van der Waals surface area (Å²) in [6, 6.07) is 4.20. The Morgan fingerprint density at radius 2 is 1.36 bits per heavy atom. The summed E-state index contributed by atoms with van der Waals surface area (Å²) in [4.78, 5) is -0.788. The van der Waals surface area contributed by atoms with E-state index < -0.39 is 39.4 Å². The first-order chi connectivity index (χ1) is 9.77. The molecule has 0 saturated carbocycles. The quantitative estimate of drug-likeness (QED) is 0.610. The molecule has 0 heterocycles. The van der Waals surface area contributed by atoms with Crippen molar-refractivity contribution in [1.82, 2.24) is 0 Å². The second-order valence-corrected chi connectivity index (χ2v) is 6.07. The molecular formula is C12H12F6O3S. The molecule has 0 amide bonds. The highest BCUT2D eigenvalue weighted by atomic mass is 32.2. The van der Waals surface area contributed by atoms with Gasteiger partial charge in [-0.1, -0.05) is 24.6 Å². The van der Waals surface area contributed by atoms with Gasteiger partial charge in [0.25, 0.3) is 15.7 Å². The second kappa shape index (κ2) is 5.73. The molecule has 0 bridgehead atoms. The first kappa shape index (κ1) is 18.8. The van der Waals surface area contributed by atoms with Crippen LogP contribution in [0.2, 0.25) is 0 Å². The van der Waals surface area contributed by atoms with Gasteiger partial charge >= 0.3 is 12.4 Å². The van der Waals surface area contributed by atoms with Crippen LogP contribution in [0.15, 0.2) is 29.2 Å². The van der Waals surface area contributed by atoms with Crippen LogP contribution in [0.4, 0.5) is 26.3 Å². The number of rotatable bonds is 4. The van der Waals surface area contributed by atoms with Gasteiger partial charge in [0.1, 0.15) is 0 Å². The maximum absolute atomic E-state index is 12.9. The normalized spacial score (nSPS) is 14.2. The number of alkyl halides is 6. The van der Waals surface area contributed by atoms with Gasteiger partial charge < -0.3 is 0 Å². The molecule has 22 heavy (non-hydrogen) atoms. The maximum atomic E-state index is 12.9. The summed E-state index contributed by atoms with van der Waals surface area (Å²) in [5.74, 6) is 0. The molecule has 0 aliphatic heterocycles. The highest BCUT2D eigenvalue weighted by Gasteiger charge is 2.73. The largest absolute Gasteiger partial charge is 0.427 e. The summed E-state index contributed by atoms with van der Waals surface area (Å²) in [6.45, 7) is 2.12. The molecule has 0 unspecified atom stereocenters. The Hall–Kier alpha value is -1.29. The Labute approximate surface area is 123 Å². The van der Waals surface area contributed by atoms with Crippen LogP contribution in [-0.4, -0.2) is 26.4 Å². The third kappa shape index (κ3) is 3.37. The van der Waals surface area contributed by atoms with Crippen LogP contribution in [0.25, 0.3) is 0 Å². The smallest absolute Gasteiger partial charge is 0.240 e. The zero-order valence-electron chi connectivity index (χ0n) is 11.4. The van der Waals surface area contributed by atoms with Gasteiger partial charge in [-0.2, -0.15) is 34.8 Å². The standard InChI is InChI=1S/C12H12F6O3S/c1-3-10(11(13,14)15,12(16,17)18)21-22(19,20)9-6-4-8(2)5-7-9/h4-7H,3H2,1-2H3. The molecule has 1 aromatic carbocycles. The lowest BCUT2D eigenvalue weighted by Gasteiger charge is -2.35. The van der Waals surface area contributed by atoms with Crippen molar-refractivity contribution < 1.29 is 38.9 Å². The second-order valence-electron chi connectivity index (χ2n) is 4.53. The third-order valence-electron chi connectivity index (χ3n) is 2.98. The maximum Gasteiger partial charge on any atom is 0.427 e. The Bertz CT molecular complexity index is 602. The minimum absolute atomic E-state index is 0.547. The van der Waals surface area contributed by atoms with E-state index in [4.69, 9.17) is 0 Å². The Morgan fingerprint density at radius 3 is 1.68 bits per heavy atom. The van der Waals surface area contributed by atoms with Crippen molar-refractivity contribution in [2.45, 2.75) is 43.1 Å². The fraction of sp³-hybridized carbons (Fsp3) is 0.500. The van der Waals surface area contributed by atoms with Gasteiger partial charge in [0.2, 0.25) is 0 Å². The summed E-state index contributed by atoms with van der Waals surface area (Å²) in [7, 11) is -5.25. The van der Waals surface area contributed by atoms with E-state index >= 15 is 0 Å². The van der Waals surface area contributed by atoms with E-state index in [-0.39, 0.29) is 0 Å². The average Bonchev–Trinajstić information content (AvgIpc) is 2.33. The number of aryl methyl sites for hydroxylation is 1. The lowest BCUT2D eigenvalue weighted by Crippen LogP contribution is -2.59. The minimum Gasteiger partial charge on any atom is -0.240 e. The highest BCUT2D eigenvalue weighted by molar-refractivity contribution is 7.86. The lowest BCUT2D eigenvalue weighted by molar-refractivity contribution is -0.357. The first-order valence-electron chi connectivity index (χ1n) is 5.92. The molecule has 0 N–H and O–H groups in total. The number of benzene rings is 1. The van der Waals surface area contributed by atoms with Crippen LogP contribution in [0.5, 0.6) is 0 Å². The van der Waals surface area contributed by atoms with E-state index in [0.717, 1.165) is 12.1 Å². The number of halogens is 6. The van der Waals surface area contributed by atoms with Crippen LogP contribution in [0.3, 0.4) is 0 Å². The monoisotopic (exact) mass is 350 g/mol. The molecule has 0 atom stereocenters. The summed E-state index contributed by atoms with van der Waals surface area (Å²) in [5, 5.41) is 0. The molecule has 3 nitrogen and oxygen atoms in total. The van der Waals surface area contributed by atoms with E-state index in [2.05, 4.69) is 4.18 Å². The van der Waals surface area contributed by atoms with Gasteiger partial charge in [0, 0.05) is 0 Å². The van der Waals surface area contributed by atoms with E-state index in [0.29, 0.717) is 12.5 Å². The molecule has 0 fully saturated rings. The van der Waals surface area contributed by atoms with Crippen molar-refractivity contribution in [2.75, 3.05) is 0 Å². The molecule has 0 aromatic heterocycles. The molecule has 0 saturated heterocycles. The zero-order chi connectivity index (χ0) is 17.4. The van der Waals surface area contributed by atoms with Crippen LogP contribution in [0, 0.1) is 6.92 Å². The topological polar surface area (TPSA) is 43.4 Å². The van der Waals surface area contributed by atoms with E-state index in [9.17, 15) is 34.8 Å². The summed E-state index contributed by atoms with van der Waals surface area (Å²) < 4.78 is 104. The molecule has 10 heteroatoms. The molecule has 0 spiro atoms. The average molecular weight is 350 g/mol. The molecule has 126 valence electrons. The van der Waals surface area contributed by atoms with Crippen LogP contribution >= 0.6 is 0 Å². The predicted octanol–water partition coefficient (Wildman–Crippen LogP) is 3.97. The van der Waals surface area contributed by atoms with E-state index in [1.165, 1.54) is 12.1 Å². The van der Waals surface area contributed by atoms with Gasteiger partial charge in [-0.25, -0.2) is 4.18 Å². The highest BCUT2D eigenvalue weighted by Crippen LogP contribution is 2.49. The lowest BCUT2D eigenvalue weighted by atomic mass is 10.00. The molecule has 0 aliphatic carbocycles. The SMILES string of the molecule is CCC(OS(=O)(=O)c1ccc(C)cc1)(C(F)(F)F)C(F)(F)F. The van der Waals surface area contributed by atoms with E-state index in [1.54, 1.807) is 6.92 Å². The molecule has 0 radical (unpaired) electrons. The van der Waals surface area contributed by atoms with E-state index in [1.807, 2.05) is 0 Å². The summed E-state index contributed by atoms with van der Waals surface area (Å²) in [5.41, 5.74) is -4.21. The van der Waals surface area contributed by atoms with Crippen LogP contribution < -0.4 is 0 Å². The number of hydrogen-bond acceptors (Lipinski definition) is 3. The zero-order valence-corrected chi connectivity index (χ0v) is 12.2. The molecule has 0 aliphatic rings. The first-order valence-corrected chi connectivity index (χ1v) is 7.33. The van der Waals surface area contributed by atoms with Crippen LogP contribution in [-0.2, 0) is 14.3 Å². The van der Waals surface area contributed by atoms with Crippen molar-refractivity contribution in [3.63, 3.8) is 0 Å². The van der Waals surface area contributed by atoms with Crippen molar-refractivity contribution in [2.24, 2.45) is 0 Å². The Morgan fingerprint density at radius 1 is 0.955 bits per heavy atom. The van der Waals surface area contributed by atoms with Crippen molar-refractivity contribution in [3.05, 3.63) is 29.8 Å². The van der Waals surface area contributed by atoms with Crippen molar-refractivity contribution in [3.8, 4) is 0 Å². The fourth-order valence-electron chi connectivity index (χ4n) is 1.66. The summed E-state index contributed by atoms with van der Waals surface area (Å²) in [6.07, 6.45) is -13.5. The number of hydrogen-bond donors (Lipinski definition) is 0. The van der Waals surface area contributed by atoms with Crippen molar-refractivity contribution >= 4 is 10.1 Å². The third-order valence-corrected chi connectivity index (χ3v) is 4.33. The van der Waals surface area contributed by atoms with Gasteiger partial charge in [0.05, 0.1) is 4.90 Å². The Kier molecular flexibility index (Phi) is 4.88. The van der Waals surface area contributed by atoms with Crippen LogP contribution in [0.1, 0.15) is 18.9 Å². The minimum atomic E-state index is -5.95.